The van der Waals surface area contributed by atoms with Crippen LogP contribution < -0.4 is 9.64 Å². The van der Waals surface area contributed by atoms with E-state index in [0.717, 1.165) is 12.8 Å². The van der Waals surface area contributed by atoms with Gasteiger partial charge in [-0.25, -0.2) is 4.98 Å². The molecule has 1 saturated carbocycles. The van der Waals surface area contributed by atoms with Crippen molar-refractivity contribution in [3.8, 4) is 5.75 Å². The van der Waals surface area contributed by atoms with E-state index in [2.05, 4.69) is 9.72 Å². The van der Waals surface area contributed by atoms with Crippen molar-refractivity contribution in [2.75, 3.05) is 32.1 Å². The Bertz CT molecular complexity index is 772. The van der Waals surface area contributed by atoms with E-state index in [9.17, 15) is 18.0 Å². The van der Waals surface area contributed by atoms with Gasteiger partial charge in [0.1, 0.15) is 5.75 Å². The zero-order valence-electron chi connectivity index (χ0n) is 13.8. The number of thiazole rings is 1. The quantitative estimate of drug-likeness (QED) is 0.778. The standard InChI is InChI=1S/C16H18F3N3O2S/c1-21(2)7-8-22(14(23)10-3-4-10)15-20-12-6-5-11(9-13(12)25-15)24-16(17,18)19/h5-6,9-10H,3-4,7-8H2,1-2H3. The molecule has 1 aliphatic carbocycles. The lowest BCUT2D eigenvalue weighted by molar-refractivity contribution is -0.274. The fourth-order valence-corrected chi connectivity index (χ4v) is 3.38. The minimum absolute atomic E-state index is 0.0349. The Morgan fingerprint density at radius 2 is 2.04 bits per heavy atom. The van der Waals surface area contributed by atoms with Crippen molar-refractivity contribution in [2.24, 2.45) is 5.92 Å². The number of benzene rings is 1. The van der Waals surface area contributed by atoms with Gasteiger partial charge in [0.15, 0.2) is 5.13 Å². The number of halogens is 3. The van der Waals surface area contributed by atoms with Crippen LogP contribution in [0.5, 0.6) is 5.75 Å². The highest BCUT2D eigenvalue weighted by Gasteiger charge is 2.35. The Hall–Kier alpha value is -1.87. The second-order valence-electron chi connectivity index (χ2n) is 6.24. The highest BCUT2D eigenvalue weighted by molar-refractivity contribution is 7.22. The minimum atomic E-state index is -4.74. The fourth-order valence-electron chi connectivity index (χ4n) is 2.36. The molecule has 3 rings (SSSR count). The Kier molecular flexibility index (Phi) is 4.88. The molecule has 0 spiro atoms. The maximum Gasteiger partial charge on any atom is 0.573 e. The van der Waals surface area contributed by atoms with Gasteiger partial charge >= 0.3 is 6.36 Å². The topological polar surface area (TPSA) is 45.7 Å². The first kappa shape index (κ1) is 17.9. The smallest absolute Gasteiger partial charge is 0.406 e. The number of rotatable bonds is 6. The molecule has 0 bridgehead atoms. The molecule has 2 aromatic rings. The van der Waals surface area contributed by atoms with Gasteiger partial charge < -0.3 is 9.64 Å². The molecule has 0 saturated heterocycles. The van der Waals surface area contributed by atoms with E-state index in [4.69, 9.17) is 0 Å². The average molecular weight is 373 g/mol. The predicted molar refractivity (Wildman–Crippen MR) is 89.9 cm³/mol. The molecule has 1 heterocycles. The summed E-state index contributed by atoms with van der Waals surface area (Å²) in [6.45, 7) is 1.17. The molecule has 1 fully saturated rings. The van der Waals surface area contributed by atoms with Gasteiger partial charge in [-0.05, 0) is 39.1 Å². The molecule has 25 heavy (non-hydrogen) atoms. The van der Waals surface area contributed by atoms with E-state index >= 15 is 0 Å². The molecule has 9 heteroatoms. The Labute approximate surface area is 147 Å². The number of likely N-dealkylation sites (N-methyl/N-ethyl adjacent to an activating group) is 1. The third-order valence-electron chi connectivity index (χ3n) is 3.78. The molecule has 0 N–H and O–H groups in total. The van der Waals surface area contributed by atoms with Crippen molar-refractivity contribution < 1.29 is 22.7 Å². The van der Waals surface area contributed by atoms with E-state index in [1.165, 1.54) is 29.5 Å². The summed E-state index contributed by atoms with van der Waals surface area (Å²) < 4.78 is 41.6. The van der Waals surface area contributed by atoms with Gasteiger partial charge in [-0.3, -0.25) is 9.69 Å². The summed E-state index contributed by atoms with van der Waals surface area (Å²) in [5.41, 5.74) is 0.549. The number of hydrogen-bond acceptors (Lipinski definition) is 5. The molecule has 0 atom stereocenters. The molecule has 1 aromatic carbocycles. The van der Waals surface area contributed by atoms with Gasteiger partial charge in [0.2, 0.25) is 5.91 Å². The number of hydrogen-bond donors (Lipinski definition) is 0. The number of ether oxygens (including phenoxy) is 1. The maximum absolute atomic E-state index is 12.6. The zero-order chi connectivity index (χ0) is 18.2. The van der Waals surface area contributed by atoms with Crippen LogP contribution in [0.15, 0.2) is 18.2 Å². The molecule has 0 radical (unpaired) electrons. The van der Waals surface area contributed by atoms with Crippen LogP contribution in [-0.2, 0) is 4.79 Å². The normalized spacial score (nSPS) is 15.0. The third kappa shape index (κ3) is 4.60. The second kappa shape index (κ2) is 6.80. The molecule has 0 aliphatic heterocycles. The fraction of sp³-hybridized carbons (Fsp3) is 0.500. The van der Waals surface area contributed by atoms with Gasteiger partial charge in [0.05, 0.1) is 10.2 Å². The van der Waals surface area contributed by atoms with Crippen molar-refractivity contribution >= 4 is 32.6 Å². The van der Waals surface area contributed by atoms with Crippen LogP contribution in [0.3, 0.4) is 0 Å². The van der Waals surface area contributed by atoms with Crippen molar-refractivity contribution in [2.45, 2.75) is 19.2 Å². The lowest BCUT2D eigenvalue weighted by Crippen LogP contribution is -2.37. The molecule has 5 nitrogen and oxygen atoms in total. The summed E-state index contributed by atoms with van der Waals surface area (Å²) >= 11 is 1.20. The summed E-state index contributed by atoms with van der Waals surface area (Å²) in [6, 6.07) is 4.00. The SMILES string of the molecule is CN(C)CCN(C(=O)C1CC1)c1nc2ccc(OC(F)(F)F)cc2s1. The highest BCUT2D eigenvalue weighted by atomic mass is 32.1. The summed E-state index contributed by atoms with van der Waals surface area (Å²) in [5, 5.41) is 0.512. The van der Waals surface area contributed by atoms with Gasteiger partial charge in [0.25, 0.3) is 0 Å². The van der Waals surface area contributed by atoms with Gasteiger partial charge in [0, 0.05) is 25.1 Å². The van der Waals surface area contributed by atoms with Crippen LogP contribution in [0.2, 0.25) is 0 Å². The van der Waals surface area contributed by atoms with E-state index in [1.54, 1.807) is 4.90 Å². The number of fused-ring (bicyclic) bond motifs is 1. The van der Waals surface area contributed by atoms with Gasteiger partial charge in [-0.1, -0.05) is 11.3 Å². The summed E-state index contributed by atoms with van der Waals surface area (Å²) in [4.78, 5) is 20.6. The third-order valence-corrected chi connectivity index (χ3v) is 4.82. The maximum atomic E-state index is 12.6. The first-order valence-electron chi connectivity index (χ1n) is 7.85. The number of aromatic nitrogens is 1. The largest absolute Gasteiger partial charge is 0.573 e. The Morgan fingerprint density at radius 1 is 1.32 bits per heavy atom. The number of nitrogens with zero attached hydrogens (tertiary/aromatic N) is 3. The monoisotopic (exact) mass is 373 g/mol. The van der Waals surface area contributed by atoms with E-state index in [0.29, 0.717) is 28.4 Å². The van der Waals surface area contributed by atoms with Crippen molar-refractivity contribution in [1.29, 1.82) is 0 Å². The second-order valence-corrected chi connectivity index (χ2v) is 7.25. The lowest BCUT2D eigenvalue weighted by atomic mass is 10.3. The molecule has 136 valence electrons. The number of carbonyl (C=O) groups excluding carboxylic acids is 1. The summed E-state index contributed by atoms with van der Waals surface area (Å²) in [6.07, 6.45) is -2.97. The molecular formula is C16H18F3N3O2S. The molecular weight excluding hydrogens is 355 g/mol. The first-order valence-corrected chi connectivity index (χ1v) is 8.67. The highest BCUT2D eigenvalue weighted by Crippen LogP contribution is 2.37. The van der Waals surface area contributed by atoms with Crippen molar-refractivity contribution in [1.82, 2.24) is 9.88 Å². The van der Waals surface area contributed by atoms with Crippen LogP contribution in [0.4, 0.5) is 18.3 Å². The number of anilines is 1. The van der Waals surface area contributed by atoms with Crippen molar-refractivity contribution in [3.63, 3.8) is 0 Å². The lowest BCUT2D eigenvalue weighted by Gasteiger charge is -2.21. The molecule has 1 aliphatic rings. The van der Waals surface area contributed by atoms with Gasteiger partial charge in [-0.2, -0.15) is 0 Å². The Morgan fingerprint density at radius 3 is 2.64 bits per heavy atom. The van der Waals surface area contributed by atoms with E-state index in [-0.39, 0.29) is 17.6 Å². The predicted octanol–water partition coefficient (Wildman–Crippen LogP) is 3.50. The molecule has 0 unspecified atom stereocenters. The molecule has 1 aromatic heterocycles. The molecule has 1 amide bonds. The number of amides is 1. The van der Waals surface area contributed by atoms with Crippen LogP contribution >= 0.6 is 11.3 Å². The number of alkyl halides is 3. The van der Waals surface area contributed by atoms with Crippen molar-refractivity contribution in [3.05, 3.63) is 18.2 Å². The Balaban J connectivity index is 1.87. The van der Waals surface area contributed by atoms with E-state index in [1.807, 2.05) is 19.0 Å². The number of carbonyl (C=O) groups is 1. The van der Waals surface area contributed by atoms with Crippen LogP contribution in [-0.4, -0.2) is 49.3 Å². The average Bonchev–Trinajstić information content (AvgIpc) is 3.26. The zero-order valence-corrected chi connectivity index (χ0v) is 14.7. The van der Waals surface area contributed by atoms with E-state index < -0.39 is 6.36 Å². The van der Waals surface area contributed by atoms with Crippen LogP contribution in [0.25, 0.3) is 10.2 Å². The summed E-state index contributed by atoms with van der Waals surface area (Å²) in [5.74, 6) is -0.213. The van der Waals surface area contributed by atoms with Gasteiger partial charge in [-0.15, -0.1) is 13.2 Å². The van der Waals surface area contributed by atoms with Crippen LogP contribution in [0, 0.1) is 5.92 Å². The van der Waals surface area contributed by atoms with Crippen LogP contribution in [0.1, 0.15) is 12.8 Å². The summed E-state index contributed by atoms with van der Waals surface area (Å²) in [7, 11) is 3.83. The minimum Gasteiger partial charge on any atom is -0.406 e. The first-order chi connectivity index (χ1) is 11.7.